The first-order valence-electron chi connectivity index (χ1n) is 8.08. The summed E-state index contributed by atoms with van der Waals surface area (Å²) in [7, 11) is 3.46. The highest BCUT2D eigenvalue weighted by atomic mass is 16.5. The van der Waals surface area contributed by atoms with Crippen LogP contribution in [0.5, 0.6) is 0 Å². The molecule has 3 rings (SSSR count). The van der Waals surface area contributed by atoms with Gasteiger partial charge in [0.05, 0.1) is 12.3 Å². The van der Waals surface area contributed by atoms with Gasteiger partial charge in [-0.1, -0.05) is 0 Å². The van der Waals surface area contributed by atoms with Crippen LogP contribution in [-0.2, 0) is 4.74 Å². The molecule has 0 spiro atoms. The van der Waals surface area contributed by atoms with Crippen molar-refractivity contribution in [2.24, 2.45) is 0 Å². The van der Waals surface area contributed by atoms with E-state index < -0.39 is 0 Å². The zero-order valence-electron chi connectivity index (χ0n) is 13.9. The molecule has 0 unspecified atom stereocenters. The third kappa shape index (κ3) is 3.53. The molecular weight excluding hydrogens is 308 g/mol. The van der Waals surface area contributed by atoms with E-state index in [-0.39, 0.29) is 17.6 Å². The highest BCUT2D eigenvalue weighted by Gasteiger charge is 2.24. The molecule has 0 radical (unpaired) electrons. The smallest absolute Gasteiger partial charge is 0.274 e. The molecule has 8 nitrogen and oxygen atoms in total. The average molecular weight is 330 g/mol. The van der Waals surface area contributed by atoms with Gasteiger partial charge in [-0.2, -0.15) is 0 Å². The second kappa shape index (κ2) is 7.39. The van der Waals surface area contributed by atoms with Crippen molar-refractivity contribution >= 4 is 11.7 Å². The molecule has 1 aliphatic carbocycles. The molecule has 1 saturated carbocycles. The van der Waals surface area contributed by atoms with Gasteiger partial charge in [-0.05, 0) is 25.7 Å². The van der Waals surface area contributed by atoms with Crippen LogP contribution in [0, 0.1) is 0 Å². The lowest BCUT2D eigenvalue weighted by Gasteiger charge is -2.28. The zero-order valence-corrected chi connectivity index (χ0v) is 13.9. The molecule has 0 atom stereocenters. The van der Waals surface area contributed by atoms with Crippen LogP contribution in [-0.4, -0.2) is 51.7 Å². The predicted octanol–water partition coefficient (Wildman–Crippen LogP) is 1.39. The maximum Gasteiger partial charge on any atom is 0.274 e. The molecule has 0 aromatic carbocycles. The quantitative estimate of drug-likeness (QED) is 0.860. The number of imidazole rings is 1. The van der Waals surface area contributed by atoms with E-state index in [0.29, 0.717) is 17.7 Å². The number of methoxy groups -OCH3 is 1. The van der Waals surface area contributed by atoms with Crippen molar-refractivity contribution in [3.63, 3.8) is 0 Å². The van der Waals surface area contributed by atoms with Crippen LogP contribution in [0.3, 0.4) is 0 Å². The van der Waals surface area contributed by atoms with Crippen LogP contribution in [0.4, 0.5) is 5.82 Å². The molecule has 2 aromatic rings. The fraction of sp³-hybridized carbons (Fsp3) is 0.500. The van der Waals surface area contributed by atoms with Gasteiger partial charge in [0.25, 0.3) is 5.91 Å². The maximum absolute atomic E-state index is 12.7. The topological polar surface area (TPSA) is 94.0 Å². The molecule has 8 heteroatoms. The van der Waals surface area contributed by atoms with Gasteiger partial charge >= 0.3 is 0 Å². The second-order valence-corrected chi connectivity index (χ2v) is 5.83. The number of hydrogen-bond donors (Lipinski definition) is 2. The molecule has 0 aliphatic heterocycles. The highest BCUT2D eigenvalue weighted by molar-refractivity contribution is 5.97. The van der Waals surface area contributed by atoms with Crippen molar-refractivity contribution < 1.29 is 9.53 Å². The Balaban J connectivity index is 1.75. The normalized spacial score (nSPS) is 20.6. The van der Waals surface area contributed by atoms with E-state index in [4.69, 9.17) is 4.74 Å². The largest absolute Gasteiger partial charge is 0.381 e. The van der Waals surface area contributed by atoms with Crippen LogP contribution in [0.2, 0.25) is 0 Å². The lowest BCUT2D eigenvalue weighted by atomic mass is 9.93. The van der Waals surface area contributed by atoms with Gasteiger partial charge in [-0.3, -0.25) is 9.36 Å². The summed E-state index contributed by atoms with van der Waals surface area (Å²) in [5.41, 5.74) is 0.289. The number of ether oxygens (including phenoxy) is 1. The number of nitrogens with zero attached hydrogens (tertiary/aromatic N) is 4. The van der Waals surface area contributed by atoms with E-state index in [0.717, 1.165) is 25.7 Å². The molecule has 24 heavy (non-hydrogen) atoms. The molecule has 1 fully saturated rings. The second-order valence-electron chi connectivity index (χ2n) is 5.83. The summed E-state index contributed by atoms with van der Waals surface area (Å²) in [5, 5.41) is 5.99. The number of amides is 1. The summed E-state index contributed by atoms with van der Waals surface area (Å²) in [6.45, 7) is 0. The SMILES string of the molecule is CNc1ncc(-n2ccnc2)nc1C(=O)NC1CCC(OC)CC1. The minimum absolute atomic E-state index is 0.146. The van der Waals surface area contributed by atoms with Gasteiger partial charge in [0.2, 0.25) is 0 Å². The molecule has 0 saturated heterocycles. The van der Waals surface area contributed by atoms with Crippen LogP contribution in [0.1, 0.15) is 36.2 Å². The Morgan fingerprint density at radius 3 is 2.75 bits per heavy atom. The van der Waals surface area contributed by atoms with E-state index in [9.17, 15) is 4.79 Å². The Bertz CT molecular complexity index is 680. The summed E-state index contributed by atoms with van der Waals surface area (Å²) >= 11 is 0. The van der Waals surface area contributed by atoms with Crippen molar-refractivity contribution in [1.29, 1.82) is 0 Å². The minimum atomic E-state index is -0.213. The van der Waals surface area contributed by atoms with Gasteiger partial charge < -0.3 is 15.4 Å². The molecule has 2 heterocycles. The number of anilines is 1. The number of hydrogen-bond acceptors (Lipinski definition) is 6. The van der Waals surface area contributed by atoms with Crippen molar-refractivity contribution in [2.75, 3.05) is 19.5 Å². The van der Waals surface area contributed by atoms with E-state index in [1.54, 1.807) is 43.6 Å². The summed E-state index contributed by atoms with van der Waals surface area (Å²) < 4.78 is 7.08. The summed E-state index contributed by atoms with van der Waals surface area (Å²) in [5.74, 6) is 0.802. The molecule has 1 amide bonds. The average Bonchev–Trinajstić information content (AvgIpc) is 3.16. The minimum Gasteiger partial charge on any atom is -0.381 e. The Morgan fingerprint density at radius 1 is 1.33 bits per heavy atom. The van der Waals surface area contributed by atoms with Crippen LogP contribution < -0.4 is 10.6 Å². The van der Waals surface area contributed by atoms with Crippen LogP contribution in [0.25, 0.3) is 5.82 Å². The fourth-order valence-electron chi connectivity index (χ4n) is 2.94. The van der Waals surface area contributed by atoms with E-state index in [2.05, 4.69) is 25.6 Å². The Kier molecular flexibility index (Phi) is 5.05. The number of nitrogens with one attached hydrogen (secondary N) is 2. The first-order chi connectivity index (χ1) is 11.7. The van der Waals surface area contributed by atoms with Gasteiger partial charge in [-0.25, -0.2) is 15.0 Å². The van der Waals surface area contributed by atoms with E-state index in [1.807, 2.05) is 0 Å². The van der Waals surface area contributed by atoms with E-state index >= 15 is 0 Å². The Hall–Kier alpha value is -2.48. The molecule has 128 valence electrons. The molecule has 2 aromatic heterocycles. The third-order valence-corrected chi connectivity index (χ3v) is 4.32. The van der Waals surface area contributed by atoms with Crippen molar-refractivity contribution in [3.05, 3.63) is 30.6 Å². The number of rotatable bonds is 5. The fourth-order valence-corrected chi connectivity index (χ4v) is 2.94. The summed E-state index contributed by atoms with van der Waals surface area (Å²) in [6.07, 6.45) is 10.7. The van der Waals surface area contributed by atoms with E-state index in [1.165, 1.54) is 0 Å². The first-order valence-corrected chi connectivity index (χ1v) is 8.08. The number of carbonyl (C=O) groups is 1. The maximum atomic E-state index is 12.7. The summed E-state index contributed by atoms with van der Waals surface area (Å²) in [4.78, 5) is 25.4. The van der Waals surface area contributed by atoms with Crippen molar-refractivity contribution in [1.82, 2.24) is 24.8 Å². The predicted molar refractivity (Wildman–Crippen MR) is 89.2 cm³/mol. The van der Waals surface area contributed by atoms with Gasteiger partial charge in [0.15, 0.2) is 17.3 Å². The molecular formula is C16H22N6O2. The third-order valence-electron chi connectivity index (χ3n) is 4.32. The monoisotopic (exact) mass is 330 g/mol. The Morgan fingerprint density at radius 2 is 2.12 bits per heavy atom. The number of carbonyl (C=O) groups excluding carboxylic acids is 1. The van der Waals surface area contributed by atoms with Crippen molar-refractivity contribution in [2.45, 2.75) is 37.8 Å². The standard InChI is InChI=1S/C16H22N6O2/c1-17-15-14(21-13(9-19-15)22-8-7-18-10-22)16(23)20-11-3-5-12(24-2)6-4-11/h7-12H,3-6H2,1-2H3,(H,17,19)(H,20,23). The van der Waals surface area contributed by atoms with Gasteiger partial charge in [0, 0.05) is 32.6 Å². The summed E-state index contributed by atoms with van der Waals surface area (Å²) in [6, 6.07) is 0.146. The number of aromatic nitrogens is 4. The lowest BCUT2D eigenvalue weighted by Crippen LogP contribution is -2.39. The zero-order chi connectivity index (χ0) is 16.9. The highest BCUT2D eigenvalue weighted by Crippen LogP contribution is 2.21. The van der Waals surface area contributed by atoms with Crippen molar-refractivity contribution in [3.8, 4) is 5.82 Å². The first kappa shape index (κ1) is 16.4. The molecule has 2 N–H and O–H groups in total. The van der Waals surface area contributed by atoms with Gasteiger partial charge in [-0.15, -0.1) is 0 Å². The lowest BCUT2D eigenvalue weighted by molar-refractivity contribution is 0.0598. The van der Waals surface area contributed by atoms with Crippen LogP contribution in [0.15, 0.2) is 24.9 Å². The van der Waals surface area contributed by atoms with Gasteiger partial charge in [0.1, 0.15) is 6.33 Å². The van der Waals surface area contributed by atoms with Crippen LogP contribution >= 0.6 is 0 Å². The Labute approximate surface area is 140 Å². The molecule has 0 bridgehead atoms. The molecule has 1 aliphatic rings.